The van der Waals surface area contributed by atoms with Crippen molar-refractivity contribution in [2.24, 2.45) is 13.0 Å². The lowest BCUT2D eigenvalue weighted by Gasteiger charge is -2.16. The summed E-state index contributed by atoms with van der Waals surface area (Å²) in [6, 6.07) is 0. The minimum atomic E-state index is -1.44. The summed E-state index contributed by atoms with van der Waals surface area (Å²) in [6.07, 6.45) is 0. The second-order valence-corrected chi connectivity index (χ2v) is 5.06. The van der Waals surface area contributed by atoms with E-state index in [-0.39, 0.29) is 11.4 Å². The number of aromatic nitrogens is 1. The molecule has 120 valence electrons. The van der Waals surface area contributed by atoms with E-state index in [0.29, 0.717) is 0 Å². The van der Waals surface area contributed by atoms with Gasteiger partial charge < -0.3 is 14.4 Å². The summed E-state index contributed by atoms with van der Waals surface area (Å²) < 4.78 is 5.67. The molecule has 8 nitrogen and oxygen atoms in total. The zero-order chi connectivity index (χ0) is 17.6. The monoisotopic (exact) mass is 319 g/mol. The topological polar surface area (TPSA) is 120 Å². The van der Waals surface area contributed by atoms with E-state index in [1.54, 1.807) is 0 Å². The van der Waals surface area contributed by atoms with E-state index in [1.165, 1.54) is 14.0 Å². The van der Waals surface area contributed by atoms with Gasteiger partial charge in [0.05, 0.1) is 41.1 Å². The van der Waals surface area contributed by atoms with Gasteiger partial charge in [-0.25, -0.2) is 9.59 Å². The van der Waals surface area contributed by atoms with E-state index in [1.807, 2.05) is 0 Å². The molecule has 1 N–H and O–H groups in total. The predicted molar refractivity (Wildman–Crippen MR) is 76.3 cm³/mol. The van der Waals surface area contributed by atoms with E-state index in [4.69, 9.17) is 5.11 Å². The number of ketones is 3. The average Bonchev–Trinajstić information content (AvgIpc) is 2.82. The maximum absolute atomic E-state index is 12.3. The molecule has 0 aromatic carbocycles. The van der Waals surface area contributed by atoms with Gasteiger partial charge in [-0.05, 0) is 6.92 Å². The smallest absolute Gasteiger partial charge is 0.340 e. The molecule has 0 aliphatic heterocycles. The normalized spacial score (nSPS) is 17.0. The van der Waals surface area contributed by atoms with Gasteiger partial charge in [0.25, 0.3) is 0 Å². The summed E-state index contributed by atoms with van der Waals surface area (Å²) >= 11 is 0. The van der Waals surface area contributed by atoms with Crippen LogP contribution < -0.4 is 0 Å². The van der Waals surface area contributed by atoms with Crippen LogP contribution in [0.4, 0.5) is 0 Å². The van der Waals surface area contributed by atoms with Crippen LogP contribution in [0.3, 0.4) is 0 Å². The minimum absolute atomic E-state index is 0.195. The van der Waals surface area contributed by atoms with Crippen LogP contribution in [0.1, 0.15) is 43.8 Å². The van der Waals surface area contributed by atoms with Crippen LogP contribution >= 0.6 is 0 Å². The number of hydrogen-bond acceptors (Lipinski definition) is 6. The number of rotatable bonds is 3. The lowest BCUT2D eigenvalue weighted by atomic mass is 9.84. The number of aliphatic carboxylic acids is 1. The second-order valence-electron chi connectivity index (χ2n) is 5.06. The van der Waals surface area contributed by atoms with Gasteiger partial charge in [-0.1, -0.05) is 6.58 Å². The van der Waals surface area contributed by atoms with Crippen molar-refractivity contribution in [3.8, 4) is 0 Å². The van der Waals surface area contributed by atoms with Crippen LogP contribution in [0.2, 0.25) is 0 Å². The number of fused-ring (bicyclic) bond motifs is 1. The van der Waals surface area contributed by atoms with Gasteiger partial charge in [-0.15, -0.1) is 0 Å². The van der Waals surface area contributed by atoms with Crippen molar-refractivity contribution in [3.63, 3.8) is 0 Å². The second kappa shape index (κ2) is 5.31. The molecule has 0 bridgehead atoms. The first-order valence-corrected chi connectivity index (χ1v) is 6.51. The Labute approximate surface area is 130 Å². The van der Waals surface area contributed by atoms with Gasteiger partial charge in [0.2, 0.25) is 11.6 Å². The molecule has 0 saturated carbocycles. The van der Waals surface area contributed by atoms with Crippen LogP contribution in [0.5, 0.6) is 0 Å². The number of carbonyl (C=O) groups excluding carboxylic acids is 4. The number of carboxylic acid groups (broad SMARTS) is 1. The number of carboxylic acids is 1. The van der Waals surface area contributed by atoms with Gasteiger partial charge >= 0.3 is 11.9 Å². The number of Topliss-reactive ketones (excluding diaryl/α,β-unsaturated/α-hetero) is 3. The van der Waals surface area contributed by atoms with Crippen molar-refractivity contribution in [1.29, 1.82) is 0 Å². The first kappa shape index (κ1) is 16.3. The SMILES string of the molecule is C=C(C(=O)O)c1c(C(=O)OC)c2c(n1C)C(=O)C(C)C(=O)C2=O. The number of ether oxygens (including phenoxy) is 1. The Hall–Kier alpha value is -3.03. The molecule has 1 atom stereocenters. The third kappa shape index (κ3) is 2.10. The highest BCUT2D eigenvalue weighted by Crippen LogP contribution is 2.33. The third-order valence-corrected chi connectivity index (χ3v) is 3.80. The zero-order valence-electron chi connectivity index (χ0n) is 12.6. The van der Waals surface area contributed by atoms with Crippen LogP contribution in [-0.4, -0.2) is 46.1 Å². The van der Waals surface area contributed by atoms with Gasteiger partial charge in [0.15, 0.2) is 5.78 Å². The Morgan fingerprint density at radius 3 is 2.26 bits per heavy atom. The molecule has 1 aromatic heterocycles. The fourth-order valence-electron chi connectivity index (χ4n) is 2.59. The Morgan fingerprint density at radius 1 is 1.22 bits per heavy atom. The molecule has 1 aliphatic rings. The molecule has 0 radical (unpaired) electrons. The molecule has 0 amide bonds. The zero-order valence-corrected chi connectivity index (χ0v) is 12.6. The third-order valence-electron chi connectivity index (χ3n) is 3.80. The number of esters is 1. The summed E-state index contributed by atoms with van der Waals surface area (Å²) in [6.45, 7) is 4.64. The van der Waals surface area contributed by atoms with Crippen molar-refractivity contribution in [2.75, 3.05) is 7.11 Å². The Balaban J connectivity index is 2.96. The predicted octanol–water partition coefficient (Wildman–Crippen LogP) is 0.494. The first-order chi connectivity index (χ1) is 10.6. The Kier molecular flexibility index (Phi) is 3.77. The molecule has 1 aliphatic carbocycles. The largest absolute Gasteiger partial charge is 0.478 e. The Morgan fingerprint density at radius 2 is 1.78 bits per heavy atom. The van der Waals surface area contributed by atoms with E-state index >= 15 is 0 Å². The molecule has 1 heterocycles. The molecule has 0 spiro atoms. The number of methoxy groups -OCH3 is 1. The quantitative estimate of drug-likeness (QED) is 0.372. The van der Waals surface area contributed by atoms with Crippen LogP contribution in [0.15, 0.2) is 6.58 Å². The maximum atomic E-state index is 12.3. The molecular formula is C15H13NO7. The summed E-state index contributed by atoms with van der Waals surface area (Å²) in [5, 5.41) is 9.13. The fraction of sp³-hybridized carbons (Fsp3) is 0.267. The highest BCUT2D eigenvalue weighted by atomic mass is 16.5. The van der Waals surface area contributed by atoms with Crippen molar-refractivity contribution in [1.82, 2.24) is 4.57 Å². The van der Waals surface area contributed by atoms with Gasteiger partial charge in [-0.3, -0.25) is 14.4 Å². The fourth-order valence-corrected chi connectivity index (χ4v) is 2.59. The highest BCUT2D eigenvalue weighted by molar-refractivity contribution is 6.52. The molecule has 0 fully saturated rings. The van der Waals surface area contributed by atoms with Gasteiger partial charge in [-0.2, -0.15) is 0 Å². The van der Waals surface area contributed by atoms with E-state index < -0.39 is 51.9 Å². The number of hydrogen-bond donors (Lipinski definition) is 1. The molecule has 1 aromatic rings. The highest BCUT2D eigenvalue weighted by Gasteiger charge is 2.45. The maximum Gasteiger partial charge on any atom is 0.340 e. The summed E-state index contributed by atoms with van der Waals surface area (Å²) in [4.78, 5) is 59.8. The van der Waals surface area contributed by atoms with E-state index in [2.05, 4.69) is 11.3 Å². The van der Waals surface area contributed by atoms with Crippen molar-refractivity contribution in [2.45, 2.75) is 6.92 Å². The minimum Gasteiger partial charge on any atom is -0.478 e. The van der Waals surface area contributed by atoms with E-state index in [0.717, 1.165) is 11.7 Å². The summed E-state index contributed by atoms with van der Waals surface area (Å²) in [7, 11) is 2.36. The van der Waals surface area contributed by atoms with Crippen molar-refractivity contribution in [3.05, 3.63) is 29.1 Å². The number of carbonyl (C=O) groups is 5. The van der Waals surface area contributed by atoms with Crippen molar-refractivity contribution < 1.29 is 33.8 Å². The molecule has 8 heteroatoms. The molecule has 2 rings (SSSR count). The standard InChI is InChI=1S/C15H13NO7/c1-5(14(20)21)9-8(15(22)23-4)7-10(16(9)3)11(17)6(2)12(18)13(7)19/h6H,1H2,2-4H3,(H,20,21). The lowest BCUT2D eigenvalue weighted by Crippen LogP contribution is -2.36. The van der Waals surface area contributed by atoms with Crippen molar-refractivity contribution >= 4 is 34.9 Å². The molecule has 23 heavy (non-hydrogen) atoms. The summed E-state index contributed by atoms with van der Waals surface area (Å²) in [5.74, 6) is -6.30. The first-order valence-electron chi connectivity index (χ1n) is 6.51. The van der Waals surface area contributed by atoms with E-state index in [9.17, 15) is 24.0 Å². The van der Waals surface area contributed by atoms with Crippen LogP contribution in [-0.2, 0) is 21.4 Å². The summed E-state index contributed by atoms with van der Waals surface area (Å²) in [5.41, 5.74) is -1.79. The molecular weight excluding hydrogens is 306 g/mol. The van der Waals surface area contributed by atoms with Crippen LogP contribution in [0, 0.1) is 5.92 Å². The molecule has 0 saturated heterocycles. The molecule has 1 unspecified atom stereocenters. The van der Waals surface area contributed by atoms with Gasteiger partial charge in [0, 0.05) is 7.05 Å². The Bertz CT molecular complexity index is 812. The van der Waals surface area contributed by atoms with Crippen LogP contribution in [0.25, 0.3) is 5.57 Å². The number of nitrogens with zero attached hydrogens (tertiary/aromatic N) is 1. The van der Waals surface area contributed by atoms with Gasteiger partial charge in [0.1, 0.15) is 0 Å². The lowest BCUT2D eigenvalue weighted by molar-refractivity contribution is -0.130. The average molecular weight is 319 g/mol.